The lowest BCUT2D eigenvalue weighted by Gasteiger charge is -2.30. The highest BCUT2D eigenvalue weighted by molar-refractivity contribution is 5.83. The molecule has 0 aromatic rings. The van der Waals surface area contributed by atoms with Gasteiger partial charge >= 0.3 is 5.97 Å². The Bertz CT molecular complexity index is 274. The summed E-state index contributed by atoms with van der Waals surface area (Å²) in [6, 6.07) is 0. The lowest BCUT2D eigenvalue weighted by molar-refractivity contribution is -0.147. The molecule has 1 fully saturated rings. The van der Waals surface area contributed by atoms with Crippen molar-refractivity contribution in [2.24, 2.45) is 11.8 Å². The molecule has 17 heavy (non-hydrogen) atoms. The van der Waals surface area contributed by atoms with E-state index < -0.39 is 5.97 Å². The van der Waals surface area contributed by atoms with Gasteiger partial charge in [-0.25, -0.2) is 0 Å². The second-order valence-electron chi connectivity index (χ2n) is 4.48. The normalized spacial score (nSPS) is 18.7. The lowest BCUT2D eigenvalue weighted by Crippen LogP contribution is -2.41. The maximum Gasteiger partial charge on any atom is 0.323 e. The SMILES string of the molecule is CCN(CC(=O)O)C(=O)C(C)C1CCOCC1. The third-order valence-corrected chi connectivity index (χ3v) is 3.38. The molecule has 0 saturated carbocycles. The number of hydrogen-bond donors (Lipinski definition) is 1. The van der Waals surface area contributed by atoms with Crippen LogP contribution in [-0.2, 0) is 14.3 Å². The lowest BCUT2D eigenvalue weighted by atomic mass is 9.86. The molecule has 0 aromatic carbocycles. The highest BCUT2D eigenvalue weighted by Gasteiger charge is 2.29. The number of likely N-dealkylation sites (N-methyl/N-ethyl adjacent to an activating group) is 1. The van der Waals surface area contributed by atoms with Gasteiger partial charge in [0.15, 0.2) is 0 Å². The van der Waals surface area contributed by atoms with Crippen molar-refractivity contribution in [3.63, 3.8) is 0 Å². The summed E-state index contributed by atoms with van der Waals surface area (Å²) in [4.78, 5) is 24.2. The van der Waals surface area contributed by atoms with Crippen molar-refractivity contribution < 1.29 is 19.4 Å². The minimum absolute atomic E-state index is 0.0539. The molecule has 1 N–H and O–H groups in total. The van der Waals surface area contributed by atoms with Crippen molar-refractivity contribution in [3.05, 3.63) is 0 Å². The first-order valence-corrected chi connectivity index (χ1v) is 6.14. The summed E-state index contributed by atoms with van der Waals surface area (Å²) >= 11 is 0. The summed E-state index contributed by atoms with van der Waals surface area (Å²) in [5, 5.41) is 8.74. The number of hydrogen-bond acceptors (Lipinski definition) is 3. The quantitative estimate of drug-likeness (QED) is 0.781. The first-order valence-electron chi connectivity index (χ1n) is 6.14. The van der Waals surface area contributed by atoms with Crippen molar-refractivity contribution in [2.75, 3.05) is 26.3 Å². The first kappa shape index (κ1) is 14.0. The molecule has 5 heteroatoms. The van der Waals surface area contributed by atoms with Gasteiger partial charge in [-0.2, -0.15) is 0 Å². The maximum absolute atomic E-state index is 12.1. The van der Waals surface area contributed by atoms with Crippen molar-refractivity contribution in [3.8, 4) is 0 Å². The summed E-state index contributed by atoms with van der Waals surface area (Å²) in [6.45, 7) is 5.34. The molecular formula is C12H21NO4. The predicted molar refractivity (Wildman–Crippen MR) is 62.6 cm³/mol. The van der Waals surface area contributed by atoms with Crippen LogP contribution in [0.5, 0.6) is 0 Å². The van der Waals surface area contributed by atoms with Gasteiger partial charge in [-0.15, -0.1) is 0 Å². The zero-order valence-electron chi connectivity index (χ0n) is 10.5. The fourth-order valence-electron chi connectivity index (χ4n) is 2.21. The van der Waals surface area contributed by atoms with Gasteiger partial charge in [0.1, 0.15) is 6.54 Å². The van der Waals surface area contributed by atoms with E-state index in [1.165, 1.54) is 4.90 Å². The third kappa shape index (κ3) is 4.00. The van der Waals surface area contributed by atoms with Crippen LogP contribution in [0.4, 0.5) is 0 Å². The summed E-state index contributed by atoms with van der Waals surface area (Å²) in [6.07, 6.45) is 1.77. The number of carboxylic acids is 1. The minimum Gasteiger partial charge on any atom is -0.480 e. The fourth-order valence-corrected chi connectivity index (χ4v) is 2.21. The molecule has 0 bridgehead atoms. The number of aliphatic carboxylic acids is 1. The Morgan fingerprint density at radius 3 is 2.47 bits per heavy atom. The van der Waals surface area contributed by atoms with Crippen LogP contribution in [0.2, 0.25) is 0 Å². The Balaban J connectivity index is 2.56. The highest BCUT2D eigenvalue weighted by Crippen LogP contribution is 2.25. The molecule has 1 saturated heterocycles. The van der Waals surface area contributed by atoms with E-state index in [0.29, 0.717) is 25.7 Å². The molecule has 0 radical (unpaired) electrons. The fraction of sp³-hybridized carbons (Fsp3) is 0.833. The topological polar surface area (TPSA) is 66.8 Å². The molecular weight excluding hydrogens is 222 g/mol. The monoisotopic (exact) mass is 243 g/mol. The van der Waals surface area contributed by atoms with Crippen molar-refractivity contribution >= 4 is 11.9 Å². The summed E-state index contributed by atoms with van der Waals surface area (Å²) in [5.41, 5.74) is 0. The maximum atomic E-state index is 12.1. The molecule has 0 aliphatic carbocycles. The zero-order valence-corrected chi connectivity index (χ0v) is 10.5. The van der Waals surface area contributed by atoms with Crippen molar-refractivity contribution in [2.45, 2.75) is 26.7 Å². The Hall–Kier alpha value is -1.10. The van der Waals surface area contributed by atoms with Gasteiger partial charge in [0.25, 0.3) is 0 Å². The molecule has 1 atom stereocenters. The Labute approximate surface area is 102 Å². The zero-order chi connectivity index (χ0) is 12.8. The molecule has 98 valence electrons. The van der Waals surface area contributed by atoms with E-state index in [2.05, 4.69) is 0 Å². The number of carbonyl (C=O) groups excluding carboxylic acids is 1. The van der Waals surface area contributed by atoms with Gasteiger partial charge < -0.3 is 14.7 Å². The number of carbonyl (C=O) groups is 2. The molecule has 1 rings (SSSR count). The summed E-state index contributed by atoms with van der Waals surface area (Å²) in [5.74, 6) is -0.807. The van der Waals surface area contributed by atoms with Crippen LogP contribution in [0.1, 0.15) is 26.7 Å². The molecule has 1 aliphatic heterocycles. The van der Waals surface area contributed by atoms with E-state index in [0.717, 1.165) is 12.8 Å². The minimum atomic E-state index is -0.959. The van der Waals surface area contributed by atoms with Crippen LogP contribution in [0.25, 0.3) is 0 Å². The molecule has 0 spiro atoms. The number of rotatable bonds is 5. The average Bonchev–Trinajstić information content (AvgIpc) is 2.35. The third-order valence-electron chi connectivity index (χ3n) is 3.38. The van der Waals surface area contributed by atoms with Crippen LogP contribution in [0.3, 0.4) is 0 Å². The smallest absolute Gasteiger partial charge is 0.323 e. The Kier molecular flexibility index (Phi) is 5.41. The van der Waals surface area contributed by atoms with Crippen LogP contribution in [0.15, 0.2) is 0 Å². The highest BCUT2D eigenvalue weighted by atomic mass is 16.5. The molecule has 1 unspecified atom stereocenters. The van der Waals surface area contributed by atoms with Gasteiger partial charge in [-0.3, -0.25) is 9.59 Å². The van der Waals surface area contributed by atoms with Crippen molar-refractivity contribution in [1.82, 2.24) is 4.90 Å². The van der Waals surface area contributed by atoms with E-state index in [9.17, 15) is 9.59 Å². The van der Waals surface area contributed by atoms with Gasteiger partial charge in [0, 0.05) is 25.7 Å². The molecule has 1 amide bonds. The van der Waals surface area contributed by atoms with Gasteiger partial charge in [-0.1, -0.05) is 6.92 Å². The number of amides is 1. The van der Waals surface area contributed by atoms with Crippen LogP contribution in [0, 0.1) is 11.8 Å². The second kappa shape index (κ2) is 6.59. The standard InChI is InChI=1S/C12H21NO4/c1-3-13(8-11(14)15)12(16)9(2)10-4-6-17-7-5-10/h9-10H,3-8H2,1-2H3,(H,14,15). The average molecular weight is 243 g/mol. The van der Waals surface area contributed by atoms with Crippen LogP contribution >= 0.6 is 0 Å². The second-order valence-corrected chi connectivity index (χ2v) is 4.48. The predicted octanol–water partition coefficient (Wildman–Crippen LogP) is 0.982. The van der Waals surface area contributed by atoms with E-state index >= 15 is 0 Å². The van der Waals surface area contributed by atoms with Gasteiger partial charge in [-0.05, 0) is 25.7 Å². The molecule has 1 aliphatic rings. The van der Waals surface area contributed by atoms with E-state index in [-0.39, 0.29) is 18.4 Å². The Morgan fingerprint density at radius 2 is 2.00 bits per heavy atom. The summed E-state index contributed by atoms with van der Waals surface area (Å²) < 4.78 is 5.26. The van der Waals surface area contributed by atoms with E-state index in [1.54, 1.807) is 6.92 Å². The van der Waals surface area contributed by atoms with E-state index in [1.807, 2.05) is 6.92 Å². The van der Waals surface area contributed by atoms with Crippen molar-refractivity contribution in [1.29, 1.82) is 0 Å². The van der Waals surface area contributed by atoms with Gasteiger partial charge in [0.2, 0.25) is 5.91 Å². The van der Waals surface area contributed by atoms with Crippen LogP contribution in [-0.4, -0.2) is 48.2 Å². The number of ether oxygens (including phenoxy) is 1. The summed E-state index contributed by atoms with van der Waals surface area (Å²) in [7, 11) is 0. The number of nitrogens with zero attached hydrogens (tertiary/aromatic N) is 1. The largest absolute Gasteiger partial charge is 0.480 e. The van der Waals surface area contributed by atoms with Crippen LogP contribution < -0.4 is 0 Å². The molecule has 0 aromatic heterocycles. The van der Waals surface area contributed by atoms with E-state index in [4.69, 9.17) is 9.84 Å². The van der Waals surface area contributed by atoms with Gasteiger partial charge in [0.05, 0.1) is 0 Å². The number of carboxylic acid groups (broad SMARTS) is 1. The molecule has 1 heterocycles. The first-order chi connectivity index (χ1) is 8.06. The Morgan fingerprint density at radius 1 is 1.41 bits per heavy atom. The molecule has 5 nitrogen and oxygen atoms in total.